The summed E-state index contributed by atoms with van der Waals surface area (Å²) in [5.41, 5.74) is 2.53. The lowest BCUT2D eigenvalue weighted by Crippen LogP contribution is -2.21. The molecule has 4 aromatic rings. The van der Waals surface area contributed by atoms with Crippen LogP contribution in [-0.2, 0) is 4.79 Å². The highest BCUT2D eigenvalue weighted by Crippen LogP contribution is 2.32. The molecule has 180 valence electrons. The lowest BCUT2D eigenvalue weighted by Gasteiger charge is -2.13. The largest absolute Gasteiger partial charge is 0.437 e. The highest BCUT2D eigenvalue weighted by molar-refractivity contribution is 6.35. The van der Waals surface area contributed by atoms with Gasteiger partial charge in [0.1, 0.15) is 28.6 Å². The third-order valence-corrected chi connectivity index (χ3v) is 5.98. The van der Waals surface area contributed by atoms with Gasteiger partial charge >= 0.3 is 0 Å². The Kier molecular flexibility index (Phi) is 7.11. The average molecular weight is 519 g/mol. The maximum atomic E-state index is 13.5. The van der Waals surface area contributed by atoms with E-state index in [1.54, 1.807) is 37.4 Å². The van der Waals surface area contributed by atoms with Crippen LogP contribution in [0.5, 0.6) is 11.6 Å². The van der Waals surface area contributed by atoms with Gasteiger partial charge in [-0.15, -0.1) is 0 Å². The monoisotopic (exact) mass is 518 g/mol. The van der Waals surface area contributed by atoms with Crippen LogP contribution in [0.2, 0.25) is 10.0 Å². The summed E-state index contributed by atoms with van der Waals surface area (Å²) in [6.07, 6.45) is 2.72. The number of rotatable bonds is 5. The Hall–Kier alpha value is -4.12. The number of carbonyl (C=O) groups excluding carboxylic acids is 1. The quantitative estimate of drug-likeness (QED) is 0.248. The summed E-state index contributed by atoms with van der Waals surface area (Å²) in [6, 6.07) is 15.6. The molecule has 36 heavy (non-hydrogen) atoms. The van der Waals surface area contributed by atoms with Crippen molar-refractivity contribution in [3.63, 3.8) is 0 Å². The number of aromatic nitrogens is 2. The van der Waals surface area contributed by atoms with E-state index in [1.807, 2.05) is 32.0 Å². The molecule has 0 bridgehead atoms. The standard InChI is InChI=1S/C27H20Cl2N4O3/c1-15-6-7-16(2)22(11-15)31-25(34)18(14-30)12-20-26(36-23-9-8-19(28)13-21(23)29)32-24-17(3)5-4-10-33(24)27(20)35/h4-13H,1-3H3,(H,31,34)/b18-12-. The molecule has 0 atom stereocenters. The molecule has 4 rings (SSSR count). The SMILES string of the molecule is Cc1ccc(C)c(NC(=O)/C(C#N)=C\c2c(Oc3ccc(Cl)cc3Cl)nc3c(C)cccn3c2=O)c1. The van der Waals surface area contributed by atoms with Crippen molar-refractivity contribution in [3.8, 4) is 17.7 Å². The number of hydrogen-bond donors (Lipinski definition) is 1. The van der Waals surface area contributed by atoms with Crippen LogP contribution in [0, 0.1) is 32.1 Å². The summed E-state index contributed by atoms with van der Waals surface area (Å²) in [6.45, 7) is 5.54. The lowest BCUT2D eigenvalue weighted by atomic mass is 10.1. The molecule has 1 N–H and O–H groups in total. The number of ether oxygens (including phenoxy) is 1. The van der Waals surface area contributed by atoms with Crippen molar-refractivity contribution in [2.45, 2.75) is 20.8 Å². The molecule has 9 heteroatoms. The first-order valence-corrected chi connectivity index (χ1v) is 11.6. The van der Waals surface area contributed by atoms with Crippen LogP contribution in [0.4, 0.5) is 5.69 Å². The zero-order valence-electron chi connectivity index (χ0n) is 19.6. The fourth-order valence-corrected chi connectivity index (χ4v) is 3.96. The van der Waals surface area contributed by atoms with Crippen LogP contribution < -0.4 is 15.6 Å². The number of nitrogens with zero attached hydrogens (tertiary/aromatic N) is 3. The average Bonchev–Trinajstić information content (AvgIpc) is 2.83. The molecule has 0 aliphatic carbocycles. The molecule has 2 aromatic carbocycles. The van der Waals surface area contributed by atoms with Crippen LogP contribution in [0.25, 0.3) is 11.7 Å². The van der Waals surface area contributed by atoms with Crippen LogP contribution in [0.1, 0.15) is 22.3 Å². The third kappa shape index (κ3) is 5.10. The maximum Gasteiger partial charge on any atom is 0.269 e. The van der Waals surface area contributed by atoms with Crippen molar-refractivity contribution in [3.05, 3.63) is 103 Å². The second kappa shape index (κ2) is 10.2. The van der Waals surface area contributed by atoms with E-state index in [0.717, 1.165) is 16.7 Å². The Morgan fingerprint density at radius 3 is 2.61 bits per heavy atom. The number of hydrogen-bond acceptors (Lipinski definition) is 5. The minimum Gasteiger partial charge on any atom is -0.437 e. The molecule has 2 heterocycles. The zero-order chi connectivity index (χ0) is 26.0. The van der Waals surface area contributed by atoms with Gasteiger partial charge in [-0.3, -0.25) is 14.0 Å². The van der Waals surface area contributed by atoms with E-state index in [2.05, 4.69) is 10.3 Å². The minimum absolute atomic E-state index is 0.0863. The molecular formula is C27H20Cl2N4O3. The summed E-state index contributed by atoms with van der Waals surface area (Å²) in [5.74, 6) is -0.569. The molecular weight excluding hydrogens is 499 g/mol. The normalized spacial score (nSPS) is 11.3. The van der Waals surface area contributed by atoms with Gasteiger partial charge in [-0.1, -0.05) is 41.4 Å². The minimum atomic E-state index is -0.671. The Balaban J connectivity index is 1.86. The highest BCUT2D eigenvalue weighted by atomic mass is 35.5. The number of nitrogens with one attached hydrogen (secondary N) is 1. The molecule has 0 aliphatic rings. The fraction of sp³-hybridized carbons (Fsp3) is 0.111. The first-order chi connectivity index (χ1) is 17.2. The molecule has 1 amide bonds. The van der Waals surface area contributed by atoms with Crippen molar-refractivity contribution in [2.75, 3.05) is 5.32 Å². The molecule has 7 nitrogen and oxygen atoms in total. The van der Waals surface area contributed by atoms with Gasteiger partial charge in [0.25, 0.3) is 11.5 Å². The van der Waals surface area contributed by atoms with Crippen LogP contribution in [-0.4, -0.2) is 15.3 Å². The van der Waals surface area contributed by atoms with Crippen molar-refractivity contribution in [2.24, 2.45) is 0 Å². The number of pyridine rings is 1. The topological polar surface area (TPSA) is 96.5 Å². The summed E-state index contributed by atoms with van der Waals surface area (Å²) in [7, 11) is 0. The molecule has 0 fully saturated rings. The number of halogens is 2. The highest BCUT2D eigenvalue weighted by Gasteiger charge is 2.19. The second-order valence-corrected chi connectivity index (χ2v) is 8.98. The summed E-state index contributed by atoms with van der Waals surface area (Å²) < 4.78 is 7.25. The molecule has 0 spiro atoms. The molecule has 0 saturated heterocycles. The number of fused-ring (bicyclic) bond motifs is 1. The summed E-state index contributed by atoms with van der Waals surface area (Å²) in [5, 5.41) is 13.1. The number of benzene rings is 2. The van der Waals surface area contributed by atoms with Crippen LogP contribution >= 0.6 is 23.2 Å². The van der Waals surface area contributed by atoms with Gasteiger partial charge < -0.3 is 10.1 Å². The zero-order valence-corrected chi connectivity index (χ0v) is 21.1. The number of carbonyl (C=O) groups is 1. The first-order valence-electron chi connectivity index (χ1n) is 10.8. The number of anilines is 1. The van der Waals surface area contributed by atoms with E-state index in [4.69, 9.17) is 27.9 Å². The lowest BCUT2D eigenvalue weighted by molar-refractivity contribution is -0.112. The smallest absolute Gasteiger partial charge is 0.269 e. The maximum absolute atomic E-state index is 13.5. The molecule has 0 radical (unpaired) electrons. The predicted octanol–water partition coefficient (Wildman–Crippen LogP) is 6.26. The Morgan fingerprint density at radius 2 is 1.89 bits per heavy atom. The third-order valence-electron chi connectivity index (χ3n) is 5.44. The fourth-order valence-electron chi connectivity index (χ4n) is 3.51. The second-order valence-electron chi connectivity index (χ2n) is 8.14. The molecule has 2 aromatic heterocycles. The van der Waals surface area contributed by atoms with Crippen molar-refractivity contribution in [1.82, 2.24) is 9.38 Å². The Morgan fingerprint density at radius 1 is 1.11 bits per heavy atom. The summed E-state index contributed by atoms with van der Waals surface area (Å²) >= 11 is 12.3. The van der Waals surface area contributed by atoms with Crippen LogP contribution in [0.3, 0.4) is 0 Å². The van der Waals surface area contributed by atoms with Gasteiger partial charge in [0.05, 0.1) is 5.02 Å². The van der Waals surface area contributed by atoms with E-state index < -0.39 is 11.5 Å². The van der Waals surface area contributed by atoms with Crippen molar-refractivity contribution in [1.29, 1.82) is 5.26 Å². The number of aryl methyl sites for hydroxylation is 3. The van der Waals surface area contributed by atoms with E-state index >= 15 is 0 Å². The van der Waals surface area contributed by atoms with Gasteiger partial charge in [0.2, 0.25) is 5.88 Å². The van der Waals surface area contributed by atoms with Gasteiger partial charge in [-0.05, 0) is 73.9 Å². The van der Waals surface area contributed by atoms with Crippen molar-refractivity contribution < 1.29 is 9.53 Å². The van der Waals surface area contributed by atoms with Gasteiger partial charge in [-0.25, -0.2) is 0 Å². The molecule has 0 aliphatic heterocycles. The van der Waals surface area contributed by atoms with Gasteiger partial charge in [0, 0.05) is 16.9 Å². The molecule has 0 saturated carbocycles. The van der Waals surface area contributed by atoms with Gasteiger partial charge in [-0.2, -0.15) is 10.2 Å². The van der Waals surface area contributed by atoms with E-state index in [1.165, 1.54) is 22.6 Å². The van der Waals surface area contributed by atoms with E-state index in [0.29, 0.717) is 16.4 Å². The van der Waals surface area contributed by atoms with E-state index in [-0.39, 0.29) is 27.8 Å². The predicted molar refractivity (Wildman–Crippen MR) is 141 cm³/mol. The number of amides is 1. The first kappa shape index (κ1) is 25.0. The van der Waals surface area contributed by atoms with Crippen LogP contribution in [0.15, 0.2) is 65.1 Å². The Labute approximate surface area is 217 Å². The molecule has 0 unspecified atom stereocenters. The van der Waals surface area contributed by atoms with Gasteiger partial charge in [0.15, 0.2) is 0 Å². The number of nitriles is 1. The van der Waals surface area contributed by atoms with E-state index in [9.17, 15) is 14.9 Å². The van der Waals surface area contributed by atoms with Crippen molar-refractivity contribution >= 4 is 46.5 Å². The Bertz CT molecular complexity index is 1650. The summed E-state index contributed by atoms with van der Waals surface area (Å²) in [4.78, 5) is 31.0.